The quantitative estimate of drug-likeness (QED) is 0.391. The van der Waals surface area contributed by atoms with Gasteiger partial charge in [0.2, 0.25) is 0 Å². The Morgan fingerprint density at radius 1 is 1.10 bits per heavy atom. The number of benzene rings is 2. The predicted octanol–water partition coefficient (Wildman–Crippen LogP) is 5.40. The number of hydrogen-bond acceptors (Lipinski definition) is 5. The third-order valence-corrected chi connectivity index (χ3v) is 5.64. The molecule has 3 aromatic rings. The molecule has 1 saturated heterocycles. The predicted molar refractivity (Wildman–Crippen MR) is 115 cm³/mol. The van der Waals surface area contributed by atoms with Crippen LogP contribution in [0.25, 0.3) is 6.08 Å². The van der Waals surface area contributed by atoms with Crippen molar-refractivity contribution in [3.05, 3.63) is 94.5 Å². The molecule has 1 amide bonds. The van der Waals surface area contributed by atoms with Crippen LogP contribution in [0.15, 0.2) is 76.2 Å². The van der Waals surface area contributed by atoms with E-state index < -0.39 is 0 Å². The van der Waals surface area contributed by atoms with Crippen LogP contribution in [-0.2, 0) is 17.9 Å². The number of halogens is 1. The summed E-state index contributed by atoms with van der Waals surface area (Å²) in [6.45, 7) is 0.677. The molecule has 0 saturated carbocycles. The minimum atomic E-state index is -0.271. The van der Waals surface area contributed by atoms with Crippen molar-refractivity contribution >= 4 is 40.3 Å². The molecule has 1 fully saturated rings. The molecule has 1 aliphatic rings. The van der Waals surface area contributed by atoms with Crippen molar-refractivity contribution < 1.29 is 18.3 Å². The highest BCUT2D eigenvalue weighted by molar-refractivity contribution is 8.26. The maximum atomic E-state index is 12.9. The Labute approximate surface area is 177 Å². The average Bonchev–Trinajstić information content (AvgIpc) is 3.33. The van der Waals surface area contributed by atoms with Gasteiger partial charge >= 0.3 is 0 Å². The zero-order valence-electron chi connectivity index (χ0n) is 15.2. The van der Waals surface area contributed by atoms with E-state index in [1.54, 1.807) is 24.5 Å². The highest BCUT2D eigenvalue weighted by Crippen LogP contribution is 2.33. The lowest BCUT2D eigenvalue weighted by molar-refractivity contribution is -0.122. The first kappa shape index (κ1) is 19.4. The monoisotopic (exact) mass is 425 g/mol. The van der Waals surface area contributed by atoms with Gasteiger partial charge in [0.1, 0.15) is 28.3 Å². The van der Waals surface area contributed by atoms with Crippen LogP contribution in [0.2, 0.25) is 0 Å². The van der Waals surface area contributed by atoms with E-state index in [0.717, 1.165) is 11.1 Å². The van der Waals surface area contributed by atoms with Crippen molar-refractivity contribution in [1.82, 2.24) is 4.90 Å². The molecule has 4 rings (SSSR count). The number of carbonyl (C=O) groups is 1. The van der Waals surface area contributed by atoms with Gasteiger partial charge in [-0.25, -0.2) is 4.39 Å². The summed E-state index contributed by atoms with van der Waals surface area (Å²) in [5, 5.41) is 0. The number of carbonyl (C=O) groups excluding carboxylic acids is 1. The lowest BCUT2D eigenvalue weighted by atomic mass is 10.2. The number of amides is 1. The number of rotatable bonds is 6. The fraction of sp³-hybridized carbons (Fsp3) is 0.0909. The molecule has 0 atom stereocenters. The summed E-state index contributed by atoms with van der Waals surface area (Å²) in [6, 6.07) is 17.2. The molecule has 7 heteroatoms. The van der Waals surface area contributed by atoms with Crippen LogP contribution in [0.3, 0.4) is 0 Å². The molecule has 2 aromatic carbocycles. The molecule has 0 N–H and O–H groups in total. The molecular formula is C22H16FNO3S2. The standard InChI is InChI=1S/C22H16FNO3S2/c23-17-7-3-16(4-8-17)14-27-18-9-5-15(6-10-18)12-20-21(25)24(22(28)29-20)13-19-2-1-11-26-19/h1-12H,13-14H2/b20-12-. The largest absolute Gasteiger partial charge is 0.489 e. The number of hydrogen-bond donors (Lipinski definition) is 0. The Kier molecular flexibility index (Phi) is 5.78. The Hall–Kier alpha value is -2.90. The lowest BCUT2D eigenvalue weighted by Gasteiger charge is -2.12. The van der Waals surface area contributed by atoms with Gasteiger partial charge in [0.15, 0.2) is 0 Å². The minimum Gasteiger partial charge on any atom is -0.489 e. The number of thiocarbonyl (C=S) groups is 1. The van der Waals surface area contributed by atoms with Crippen LogP contribution in [0.1, 0.15) is 16.9 Å². The van der Waals surface area contributed by atoms with Gasteiger partial charge in [-0.3, -0.25) is 9.69 Å². The molecule has 29 heavy (non-hydrogen) atoms. The van der Waals surface area contributed by atoms with Crippen LogP contribution in [0.4, 0.5) is 4.39 Å². The van der Waals surface area contributed by atoms with E-state index in [1.807, 2.05) is 36.4 Å². The summed E-state index contributed by atoms with van der Waals surface area (Å²) in [4.78, 5) is 14.8. The molecule has 0 bridgehead atoms. The van der Waals surface area contributed by atoms with Gasteiger partial charge in [0.25, 0.3) is 5.91 Å². The smallest absolute Gasteiger partial charge is 0.266 e. The van der Waals surface area contributed by atoms with Gasteiger partial charge < -0.3 is 9.15 Å². The molecule has 0 unspecified atom stereocenters. The summed E-state index contributed by atoms with van der Waals surface area (Å²) in [5.41, 5.74) is 1.76. The number of thioether (sulfide) groups is 1. The maximum absolute atomic E-state index is 12.9. The number of furan rings is 1. The first-order chi connectivity index (χ1) is 14.1. The molecular weight excluding hydrogens is 409 g/mol. The summed E-state index contributed by atoms with van der Waals surface area (Å²) in [5.74, 6) is 0.975. The van der Waals surface area contributed by atoms with Crippen molar-refractivity contribution in [2.45, 2.75) is 13.2 Å². The second-order valence-corrected chi connectivity index (χ2v) is 8.01. The van der Waals surface area contributed by atoms with Crippen LogP contribution in [0, 0.1) is 5.82 Å². The van der Waals surface area contributed by atoms with Crippen LogP contribution in [-0.4, -0.2) is 15.1 Å². The number of ether oxygens (including phenoxy) is 1. The van der Waals surface area contributed by atoms with Crippen molar-refractivity contribution in [3.8, 4) is 5.75 Å². The van der Waals surface area contributed by atoms with Gasteiger partial charge in [-0.05, 0) is 53.6 Å². The van der Waals surface area contributed by atoms with E-state index in [-0.39, 0.29) is 11.7 Å². The van der Waals surface area contributed by atoms with E-state index in [2.05, 4.69) is 0 Å². The third kappa shape index (κ3) is 4.75. The maximum Gasteiger partial charge on any atom is 0.266 e. The normalized spacial score (nSPS) is 15.3. The summed E-state index contributed by atoms with van der Waals surface area (Å²) >= 11 is 6.61. The fourth-order valence-corrected chi connectivity index (χ4v) is 4.01. The van der Waals surface area contributed by atoms with Crippen molar-refractivity contribution in [2.24, 2.45) is 0 Å². The third-order valence-electron chi connectivity index (χ3n) is 4.26. The van der Waals surface area contributed by atoms with E-state index >= 15 is 0 Å². The second-order valence-electron chi connectivity index (χ2n) is 6.33. The van der Waals surface area contributed by atoms with E-state index in [9.17, 15) is 9.18 Å². The van der Waals surface area contributed by atoms with Crippen LogP contribution >= 0.6 is 24.0 Å². The highest BCUT2D eigenvalue weighted by atomic mass is 32.2. The molecule has 1 aromatic heterocycles. The average molecular weight is 426 g/mol. The molecule has 0 aliphatic carbocycles. The van der Waals surface area contributed by atoms with Crippen molar-refractivity contribution in [3.63, 3.8) is 0 Å². The van der Waals surface area contributed by atoms with Gasteiger partial charge in [0.05, 0.1) is 17.7 Å². The van der Waals surface area contributed by atoms with Gasteiger partial charge in [0, 0.05) is 0 Å². The first-order valence-electron chi connectivity index (χ1n) is 8.83. The molecule has 146 valence electrons. The SMILES string of the molecule is O=C1/C(=C/c2ccc(OCc3ccc(F)cc3)cc2)SC(=S)N1Cc1ccco1. The Morgan fingerprint density at radius 2 is 1.86 bits per heavy atom. The topological polar surface area (TPSA) is 42.7 Å². The molecule has 2 heterocycles. The van der Waals surface area contributed by atoms with Gasteiger partial charge in [-0.15, -0.1) is 0 Å². The molecule has 1 aliphatic heterocycles. The summed E-state index contributed by atoms with van der Waals surface area (Å²) in [7, 11) is 0. The van der Waals surface area contributed by atoms with Gasteiger partial charge in [-0.1, -0.05) is 48.2 Å². The van der Waals surface area contributed by atoms with Gasteiger partial charge in [-0.2, -0.15) is 0 Å². The van der Waals surface area contributed by atoms with Crippen molar-refractivity contribution in [2.75, 3.05) is 0 Å². The zero-order chi connectivity index (χ0) is 20.2. The second kappa shape index (κ2) is 8.63. The Bertz CT molecular complexity index is 1040. The van der Waals surface area contributed by atoms with E-state index in [0.29, 0.717) is 33.9 Å². The fourth-order valence-electron chi connectivity index (χ4n) is 2.75. The lowest BCUT2D eigenvalue weighted by Crippen LogP contribution is -2.27. The zero-order valence-corrected chi connectivity index (χ0v) is 16.8. The Balaban J connectivity index is 1.39. The summed E-state index contributed by atoms with van der Waals surface area (Å²) < 4.78 is 24.5. The van der Waals surface area contributed by atoms with E-state index in [4.69, 9.17) is 21.4 Å². The number of nitrogens with zero attached hydrogens (tertiary/aromatic N) is 1. The first-order valence-corrected chi connectivity index (χ1v) is 10.1. The molecule has 0 radical (unpaired) electrons. The summed E-state index contributed by atoms with van der Waals surface area (Å²) in [6.07, 6.45) is 3.38. The van der Waals surface area contributed by atoms with Crippen LogP contribution in [0.5, 0.6) is 5.75 Å². The van der Waals surface area contributed by atoms with E-state index in [1.165, 1.54) is 28.8 Å². The Morgan fingerprint density at radius 3 is 2.55 bits per heavy atom. The van der Waals surface area contributed by atoms with Crippen molar-refractivity contribution in [1.29, 1.82) is 0 Å². The molecule has 0 spiro atoms. The molecule has 4 nitrogen and oxygen atoms in total. The van der Waals surface area contributed by atoms with Crippen LogP contribution < -0.4 is 4.74 Å². The highest BCUT2D eigenvalue weighted by Gasteiger charge is 2.32. The minimum absolute atomic E-state index is 0.131.